The van der Waals surface area contributed by atoms with Gasteiger partial charge in [-0.25, -0.2) is 9.97 Å². The Balaban J connectivity index is 1.35. The molecule has 0 radical (unpaired) electrons. The Bertz CT molecular complexity index is 1870. The molecule has 2 heterocycles. The van der Waals surface area contributed by atoms with Crippen LogP contribution < -0.4 is 0 Å². The highest BCUT2D eigenvalue weighted by Crippen LogP contribution is 2.30. The first kappa shape index (κ1) is 23.2. The van der Waals surface area contributed by atoms with E-state index < -0.39 is 0 Å². The number of hydrogen-bond donors (Lipinski definition) is 0. The van der Waals surface area contributed by atoms with E-state index in [0.717, 1.165) is 58.8 Å². The standard InChI is InChI=1S/C35H28N4/c1-4-12-26(13-5-1)22-34-36-31-23-29(20-21-33(31)38(34)24-27-14-6-2-7-15-27)35-37-30-18-10-11-19-32(30)39(35)25-28-16-8-3-9-17-28/h1-21,23H,22,24-25H2. The molecule has 7 aromatic rings. The number of para-hydroxylation sites is 2. The van der Waals surface area contributed by atoms with Crippen molar-refractivity contribution in [3.63, 3.8) is 0 Å². The highest BCUT2D eigenvalue weighted by Gasteiger charge is 2.17. The zero-order chi connectivity index (χ0) is 26.0. The van der Waals surface area contributed by atoms with Gasteiger partial charge in [-0.05, 0) is 47.0 Å². The van der Waals surface area contributed by atoms with E-state index in [1.54, 1.807) is 0 Å². The molecule has 4 nitrogen and oxygen atoms in total. The van der Waals surface area contributed by atoms with Gasteiger partial charge in [0.2, 0.25) is 0 Å². The summed E-state index contributed by atoms with van der Waals surface area (Å²) in [6.45, 7) is 1.54. The maximum atomic E-state index is 5.18. The molecular formula is C35H28N4. The number of hydrogen-bond acceptors (Lipinski definition) is 2. The van der Waals surface area contributed by atoms with Gasteiger partial charge < -0.3 is 9.13 Å². The summed E-state index contributed by atoms with van der Waals surface area (Å²) in [6, 6.07) is 46.8. The second-order valence-corrected chi connectivity index (χ2v) is 9.96. The Kier molecular flexibility index (Phi) is 5.98. The molecule has 0 N–H and O–H groups in total. The van der Waals surface area contributed by atoms with Crippen molar-refractivity contribution in [2.24, 2.45) is 0 Å². The van der Waals surface area contributed by atoms with Crippen LogP contribution in [-0.2, 0) is 19.5 Å². The van der Waals surface area contributed by atoms with Crippen molar-refractivity contribution in [2.75, 3.05) is 0 Å². The quantitative estimate of drug-likeness (QED) is 0.223. The molecule has 7 rings (SSSR count). The average Bonchev–Trinajstić information content (AvgIpc) is 3.52. The molecule has 0 spiro atoms. The third-order valence-electron chi connectivity index (χ3n) is 7.31. The SMILES string of the molecule is c1ccc(Cc2nc3cc(-c4nc5ccccc5n4Cc4ccccc4)ccc3n2Cc2ccccc2)cc1. The third-order valence-corrected chi connectivity index (χ3v) is 7.31. The van der Waals surface area contributed by atoms with Crippen molar-refractivity contribution in [3.8, 4) is 11.4 Å². The molecule has 0 amide bonds. The second-order valence-electron chi connectivity index (χ2n) is 9.96. The molecule has 2 aromatic heterocycles. The molecule has 39 heavy (non-hydrogen) atoms. The van der Waals surface area contributed by atoms with E-state index in [1.165, 1.54) is 16.7 Å². The van der Waals surface area contributed by atoms with Gasteiger partial charge in [-0.2, -0.15) is 0 Å². The summed E-state index contributed by atoms with van der Waals surface area (Å²) < 4.78 is 4.67. The number of aromatic nitrogens is 4. The first-order chi connectivity index (χ1) is 19.3. The molecule has 5 aromatic carbocycles. The molecule has 0 saturated carbocycles. The molecule has 0 aliphatic carbocycles. The molecule has 0 fully saturated rings. The van der Waals surface area contributed by atoms with Crippen molar-refractivity contribution in [3.05, 3.63) is 156 Å². The van der Waals surface area contributed by atoms with Gasteiger partial charge in [-0.3, -0.25) is 0 Å². The maximum Gasteiger partial charge on any atom is 0.141 e. The summed E-state index contributed by atoms with van der Waals surface area (Å²) in [5.74, 6) is 2.03. The largest absolute Gasteiger partial charge is 0.323 e. The Labute approximate surface area is 227 Å². The molecule has 0 aliphatic rings. The fraction of sp³-hybridized carbons (Fsp3) is 0.0857. The lowest BCUT2D eigenvalue weighted by molar-refractivity contribution is 0.762. The number of imidazole rings is 2. The molecule has 188 valence electrons. The van der Waals surface area contributed by atoms with Crippen LogP contribution in [0.2, 0.25) is 0 Å². The fourth-order valence-corrected chi connectivity index (χ4v) is 5.40. The monoisotopic (exact) mass is 504 g/mol. The second kappa shape index (κ2) is 10.1. The molecule has 0 unspecified atom stereocenters. The molecule has 4 heteroatoms. The smallest absolute Gasteiger partial charge is 0.141 e. The van der Waals surface area contributed by atoms with Gasteiger partial charge in [0.05, 0.1) is 22.1 Å². The number of nitrogens with zero attached hydrogens (tertiary/aromatic N) is 4. The van der Waals surface area contributed by atoms with Gasteiger partial charge in [0.25, 0.3) is 0 Å². The number of fused-ring (bicyclic) bond motifs is 2. The average molecular weight is 505 g/mol. The van der Waals surface area contributed by atoms with E-state index in [9.17, 15) is 0 Å². The molecule has 0 aliphatic heterocycles. The highest BCUT2D eigenvalue weighted by molar-refractivity contribution is 5.85. The molecule has 0 bridgehead atoms. The van der Waals surface area contributed by atoms with Crippen molar-refractivity contribution in [1.82, 2.24) is 19.1 Å². The lowest BCUT2D eigenvalue weighted by Crippen LogP contribution is -2.06. The van der Waals surface area contributed by atoms with Crippen LogP contribution in [0.25, 0.3) is 33.5 Å². The van der Waals surface area contributed by atoms with Crippen LogP contribution in [0.4, 0.5) is 0 Å². The van der Waals surface area contributed by atoms with Gasteiger partial charge in [0.1, 0.15) is 11.6 Å². The predicted octanol–water partition coefficient (Wildman–Crippen LogP) is 7.74. The van der Waals surface area contributed by atoms with Crippen molar-refractivity contribution >= 4 is 22.1 Å². The van der Waals surface area contributed by atoms with Crippen LogP contribution in [0.1, 0.15) is 22.5 Å². The molecular weight excluding hydrogens is 476 g/mol. The van der Waals surface area contributed by atoms with E-state index >= 15 is 0 Å². The summed E-state index contributed by atoms with van der Waals surface area (Å²) >= 11 is 0. The summed E-state index contributed by atoms with van der Waals surface area (Å²) in [4.78, 5) is 10.3. The van der Waals surface area contributed by atoms with Crippen LogP contribution in [0, 0.1) is 0 Å². The van der Waals surface area contributed by atoms with E-state index in [-0.39, 0.29) is 0 Å². The van der Waals surface area contributed by atoms with Gasteiger partial charge in [0.15, 0.2) is 0 Å². The predicted molar refractivity (Wildman–Crippen MR) is 159 cm³/mol. The van der Waals surface area contributed by atoms with Crippen LogP contribution in [0.3, 0.4) is 0 Å². The zero-order valence-corrected chi connectivity index (χ0v) is 21.6. The van der Waals surface area contributed by atoms with Crippen LogP contribution in [0.5, 0.6) is 0 Å². The minimum Gasteiger partial charge on any atom is -0.323 e. The highest BCUT2D eigenvalue weighted by atomic mass is 15.1. The first-order valence-electron chi connectivity index (χ1n) is 13.4. The normalized spacial score (nSPS) is 11.4. The molecule has 0 saturated heterocycles. The minimum absolute atomic E-state index is 0.760. The van der Waals surface area contributed by atoms with Gasteiger partial charge in [0, 0.05) is 25.1 Å². The van der Waals surface area contributed by atoms with Gasteiger partial charge in [-0.1, -0.05) is 103 Å². The van der Waals surface area contributed by atoms with E-state index in [4.69, 9.17) is 9.97 Å². The van der Waals surface area contributed by atoms with Crippen LogP contribution in [-0.4, -0.2) is 19.1 Å². The van der Waals surface area contributed by atoms with Gasteiger partial charge >= 0.3 is 0 Å². The number of rotatable bonds is 7. The lowest BCUT2D eigenvalue weighted by Gasteiger charge is -2.11. The first-order valence-corrected chi connectivity index (χ1v) is 13.4. The third kappa shape index (κ3) is 4.62. The lowest BCUT2D eigenvalue weighted by atomic mass is 10.1. The summed E-state index contributed by atoms with van der Waals surface area (Å²) in [6.07, 6.45) is 0.782. The molecule has 0 atom stereocenters. The van der Waals surface area contributed by atoms with Crippen molar-refractivity contribution < 1.29 is 0 Å². The van der Waals surface area contributed by atoms with Crippen molar-refractivity contribution in [2.45, 2.75) is 19.5 Å². The Hall–Kier alpha value is -4.96. The van der Waals surface area contributed by atoms with Gasteiger partial charge in [-0.15, -0.1) is 0 Å². The van der Waals surface area contributed by atoms with E-state index in [2.05, 4.69) is 143 Å². The number of benzene rings is 5. The zero-order valence-electron chi connectivity index (χ0n) is 21.6. The summed E-state index contributed by atoms with van der Waals surface area (Å²) in [7, 11) is 0. The Morgan fingerprint density at radius 2 is 1.03 bits per heavy atom. The van der Waals surface area contributed by atoms with Crippen LogP contribution >= 0.6 is 0 Å². The minimum atomic E-state index is 0.760. The Morgan fingerprint density at radius 1 is 0.462 bits per heavy atom. The summed E-state index contributed by atoms with van der Waals surface area (Å²) in [5, 5.41) is 0. The van der Waals surface area contributed by atoms with Crippen LogP contribution in [0.15, 0.2) is 133 Å². The van der Waals surface area contributed by atoms with Crippen molar-refractivity contribution in [1.29, 1.82) is 0 Å². The topological polar surface area (TPSA) is 35.6 Å². The van der Waals surface area contributed by atoms with E-state index in [0.29, 0.717) is 0 Å². The summed E-state index contributed by atoms with van der Waals surface area (Å²) in [5.41, 5.74) is 9.11. The Morgan fingerprint density at radius 3 is 1.72 bits per heavy atom. The maximum absolute atomic E-state index is 5.18. The van der Waals surface area contributed by atoms with E-state index in [1.807, 2.05) is 0 Å². The fourth-order valence-electron chi connectivity index (χ4n) is 5.40.